The minimum atomic E-state index is -0.925. The zero-order chi connectivity index (χ0) is 17.6. The topological polar surface area (TPSA) is 87.7 Å². The molecular weight excluding hydrogens is 322 g/mol. The molecule has 1 aromatic heterocycles. The van der Waals surface area contributed by atoms with E-state index in [1.165, 1.54) is 0 Å². The standard InChI is InChI=1S/C18H21N3O4/c1-11-15(20-10-19-11)7-21-6-14-13-4-3-12(24-2)5-16(13)25-9-18(14,8-21)17(22)23/h3-5,10,14H,6-9H2,1-2H3,(H,19,20)(H,22,23)/t14-,18-/m1/s1. The molecule has 3 heterocycles. The van der Waals surface area contributed by atoms with Gasteiger partial charge in [0.25, 0.3) is 0 Å². The van der Waals surface area contributed by atoms with Crippen molar-refractivity contribution < 1.29 is 19.4 Å². The van der Waals surface area contributed by atoms with Gasteiger partial charge < -0.3 is 19.6 Å². The van der Waals surface area contributed by atoms with Crippen LogP contribution in [-0.2, 0) is 11.3 Å². The lowest BCUT2D eigenvalue weighted by atomic mass is 9.73. The molecule has 7 nitrogen and oxygen atoms in total. The van der Waals surface area contributed by atoms with Crippen LogP contribution < -0.4 is 9.47 Å². The number of aromatic nitrogens is 2. The summed E-state index contributed by atoms with van der Waals surface area (Å²) in [6.45, 7) is 3.89. The number of fused-ring (bicyclic) bond motifs is 3. The van der Waals surface area contributed by atoms with Crippen LogP contribution in [0.1, 0.15) is 22.9 Å². The maximum atomic E-state index is 12.2. The van der Waals surface area contributed by atoms with Gasteiger partial charge in [-0.2, -0.15) is 0 Å². The van der Waals surface area contributed by atoms with E-state index in [4.69, 9.17) is 9.47 Å². The quantitative estimate of drug-likeness (QED) is 0.880. The van der Waals surface area contributed by atoms with Crippen molar-refractivity contribution in [3.63, 3.8) is 0 Å². The molecule has 4 rings (SSSR count). The van der Waals surface area contributed by atoms with Crippen LogP contribution in [0.5, 0.6) is 11.5 Å². The van der Waals surface area contributed by atoms with Gasteiger partial charge >= 0.3 is 5.97 Å². The summed E-state index contributed by atoms with van der Waals surface area (Å²) in [4.78, 5) is 21.7. The number of H-pyrrole nitrogens is 1. The second kappa shape index (κ2) is 5.77. The fourth-order valence-electron chi connectivity index (χ4n) is 3.97. The highest BCUT2D eigenvalue weighted by Gasteiger charge is 2.56. The van der Waals surface area contributed by atoms with Crippen molar-refractivity contribution in [2.75, 3.05) is 26.8 Å². The molecule has 0 aliphatic carbocycles. The largest absolute Gasteiger partial charge is 0.497 e. The number of hydrogen-bond acceptors (Lipinski definition) is 5. The predicted molar refractivity (Wildman–Crippen MR) is 89.9 cm³/mol. The van der Waals surface area contributed by atoms with E-state index in [0.717, 1.165) is 22.7 Å². The number of imidazole rings is 1. The number of ether oxygens (including phenoxy) is 2. The van der Waals surface area contributed by atoms with Crippen molar-refractivity contribution >= 4 is 5.97 Å². The Hall–Kier alpha value is -2.54. The summed E-state index contributed by atoms with van der Waals surface area (Å²) in [5.74, 6) is 0.515. The Morgan fingerprint density at radius 1 is 1.56 bits per heavy atom. The molecule has 0 bridgehead atoms. The van der Waals surface area contributed by atoms with Gasteiger partial charge in [-0.15, -0.1) is 0 Å². The Labute approximate surface area is 145 Å². The summed E-state index contributed by atoms with van der Waals surface area (Å²) in [6, 6.07) is 5.63. The minimum absolute atomic E-state index is 0.112. The number of carbonyl (C=O) groups is 1. The fraction of sp³-hybridized carbons (Fsp3) is 0.444. The van der Waals surface area contributed by atoms with Crippen LogP contribution in [0.2, 0.25) is 0 Å². The lowest BCUT2D eigenvalue weighted by Crippen LogP contribution is -2.45. The number of carboxylic acids is 1. The summed E-state index contributed by atoms with van der Waals surface area (Å²) in [5.41, 5.74) is 1.98. The number of carboxylic acid groups (broad SMARTS) is 1. The van der Waals surface area contributed by atoms with Crippen LogP contribution in [0.3, 0.4) is 0 Å². The summed E-state index contributed by atoms with van der Waals surface area (Å²) in [5, 5.41) is 9.97. The van der Waals surface area contributed by atoms with E-state index in [1.807, 2.05) is 25.1 Å². The molecule has 1 saturated heterocycles. The first kappa shape index (κ1) is 16.0. The van der Waals surface area contributed by atoms with E-state index in [9.17, 15) is 9.90 Å². The van der Waals surface area contributed by atoms with E-state index in [1.54, 1.807) is 13.4 Å². The highest BCUT2D eigenvalue weighted by Crippen LogP contribution is 2.50. The molecule has 0 saturated carbocycles. The maximum Gasteiger partial charge on any atom is 0.315 e. The molecule has 0 radical (unpaired) electrons. The van der Waals surface area contributed by atoms with E-state index >= 15 is 0 Å². The van der Waals surface area contributed by atoms with Crippen molar-refractivity contribution in [1.29, 1.82) is 0 Å². The number of aliphatic carboxylic acids is 1. The molecule has 2 N–H and O–H groups in total. The molecule has 25 heavy (non-hydrogen) atoms. The molecule has 2 atom stereocenters. The summed E-state index contributed by atoms with van der Waals surface area (Å²) < 4.78 is 11.1. The molecule has 2 aromatic rings. The summed E-state index contributed by atoms with van der Waals surface area (Å²) in [6.07, 6.45) is 1.67. The van der Waals surface area contributed by atoms with Gasteiger partial charge in [0.15, 0.2) is 0 Å². The molecule has 2 aliphatic heterocycles. The van der Waals surface area contributed by atoms with Crippen molar-refractivity contribution in [2.24, 2.45) is 5.41 Å². The van der Waals surface area contributed by atoms with Crippen LogP contribution in [0, 0.1) is 12.3 Å². The van der Waals surface area contributed by atoms with Gasteiger partial charge in [0.05, 0.1) is 19.1 Å². The number of methoxy groups -OCH3 is 1. The highest BCUT2D eigenvalue weighted by molar-refractivity contribution is 5.78. The second-order valence-corrected chi connectivity index (χ2v) is 6.85. The normalized spacial score (nSPS) is 25.1. The average Bonchev–Trinajstić information content (AvgIpc) is 3.19. The molecule has 0 spiro atoms. The number of likely N-dealkylation sites (tertiary alicyclic amines) is 1. The molecule has 7 heteroatoms. The number of aromatic amines is 1. The van der Waals surface area contributed by atoms with Gasteiger partial charge in [0, 0.05) is 42.9 Å². The average molecular weight is 343 g/mol. The number of hydrogen-bond donors (Lipinski definition) is 2. The molecule has 0 unspecified atom stereocenters. The first-order valence-electron chi connectivity index (χ1n) is 8.29. The van der Waals surface area contributed by atoms with Crippen molar-refractivity contribution in [3.8, 4) is 11.5 Å². The molecule has 2 aliphatic rings. The van der Waals surface area contributed by atoms with E-state index < -0.39 is 11.4 Å². The van der Waals surface area contributed by atoms with Crippen molar-refractivity contribution in [1.82, 2.24) is 14.9 Å². The van der Waals surface area contributed by atoms with Gasteiger partial charge in [-0.25, -0.2) is 4.98 Å². The third-order valence-electron chi connectivity index (χ3n) is 5.43. The maximum absolute atomic E-state index is 12.2. The van der Waals surface area contributed by atoms with E-state index in [2.05, 4.69) is 14.9 Å². The van der Waals surface area contributed by atoms with Crippen molar-refractivity contribution in [2.45, 2.75) is 19.4 Å². The molecule has 0 amide bonds. The third kappa shape index (κ3) is 2.46. The van der Waals surface area contributed by atoms with Crippen LogP contribution in [0.4, 0.5) is 0 Å². The lowest BCUT2D eigenvalue weighted by molar-refractivity contribution is -0.151. The number of nitrogens with one attached hydrogen (secondary N) is 1. The Morgan fingerprint density at radius 3 is 3.08 bits per heavy atom. The van der Waals surface area contributed by atoms with Crippen molar-refractivity contribution in [3.05, 3.63) is 41.5 Å². The Balaban J connectivity index is 1.67. The lowest BCUT2D eigenvalue weighted by Gasteiger charge is -2.36. The van der Waals surface area contributed by atoms with Gasteiger partial charge in [-0.1, -0.05) is 6.07 Å². The zero-order valence-electron chi connectivity index (χ0n) is 14.3. The third-order valence-corrected chi connectivity index (χ3v) is 5.43. The second-order valence-electron chi connectivity index (χ2n) is 6.85. The monoisotopic (exact) mass is 343 g/mol. The zero-order valence-corrected chi connectivity index (χ0v) is 14.3. The minimum Gasteiger partial charge on any atom is -0.497 e. The number of aryl methyl sites for hydroxylation is 1. The van der Waals surface area contributed by atoms with Crippen LogP contribution in [-0.4, -0.2) is 52.7 Å². The molecule has 132 valence electrons. The van der Waals surface area contributed by atoms with Crippen LogP contribution in [0.15, 0.2) is 24.5 Å². The number of rotatable bonds is 4. The first-order chi connectivity index (χ1) is 12.0. The van der Waals surface area contributed by atoms with Gasteiger partial charge in [0.1, 0.15) is 23.5 Å². The predicted octanol–water partition coefficient (Wildman–Crippen LogP) is 1.79. The molecule has 1 aromatic carbocycles. The molecule has 1 fully saturated rings. The number of benzene rings is 1. The first-order valence-corrected chi connectivity index (χ1v) is 8.29. The Morgan fingerprint density at radius 2 is 2.40 bits per heavy atom. The van der Waals surface area contributed by atoms with Gasteiger partial charge in [-0.05, 0) is 13.0 Å². The summed E-state index contributed by atoms with van der Waals surface area (Å²) in [7, 11) is 1.61. The molecular formula is C18H21N3O4. The Bertz CT molecular complexity index is 818. The highest BCUT2D eigenvalue weighted by atomic mass is 16.5. The SMILES string of the molecule is COc1ccc2c(c1)OC[C@]1(C(=O)O)CN(Cc3nc[nH]c3C)C[C@H]21. The van der Waals surface area contributed by atoms with Crippen LogP contribution in [0.25, 0.3) is 0 Å². The Kier molecular flexibility index (Phi) is 3.68. The van der Waals surface area contributed by atoms with E-state index in [-0.39, 0.29) is 12.5 Å². The number of nitrogens with zero attached hydrogens (tertiary/aromatic N) is 2. The fourth-order valence-corrected chi connectivity index (χ4v) is 3.97. The van der Waals surface area contributed by atoms with Gasteiger partial charge in [0.2, 0.25) is 0 Å². The van der Waals surface area contributed by atoms with Crippen LogP contribution >= 0.6 is 0 Å². The summed E-state index contributed by atoms with van der Waals surface area (Å²) >= 11 is 0. The smallest absolute Gasteiger partial charge is 0.315 e. The van der Waals surface area contributed by atoms with Gasteiger partial charge in [-0.3, -0.25) is 9.69 Å². The van der Waals surface area contributed by atoms with E-state index in [0.29, 0.717) is 25.4 Å².